The number of rotatable bonds is 2. The van der Waals surface area contributed by atoms with Gasteiger partial charge in [0.25, 0.3) is 0 Å². The zero-order valence-electron chi connectivity index (χ0n) is 8.50. The molecule has 0 saturated heterocycles. The molecule has 80 valence electrons. The lowest BCUT2D eigenvalue weighted by molar-refractivity contribution is -0.121. The van der Waals surface area contributed by atoms with Crippen LogP contribution in [0, 0.1) is 0 Å². The van der Waals surface area contributed by atoms with E-state index in [-0.39, 0.29) is 6.04 Å². The maximum absolute atomic E-state index is 11.6. The van der Waals surface area contributed by atoms with Gasteiger partial charge in [0, 0.05) is 17.1 Å². The molecule has 0 aliphatic heterocycles. The van der Waals surface area contributed by atoms with Crippen molar-refractivity contribution in [1.82, 2.24) is 0 Å². The summed E-state index contributed by atoms with van der Waals surface area (Å²) in [6, 6.07) is 7.47. The average molecular weight is 224 g/mol. The molecule has 0 unspecified atom stereocenters. The van der Waals surface area contributed by atoms with E-state index in [1.165, 1.54) is 0 Å². The number of hydrogen-bond donors (Lipinski definition) is 1. The Kier molecular flexibility index (Phi) is 3.27. The molecule has 1 aromatic rings. The molecule has 1 fully saturated rings. The molecule has 0 spiro atoms. The highest BCUT2D eigenvalue weighted by molar-refractivity contribution is 6.30. The van der Waals surface area contributed by atoms with Crippen LogP contribution in [0.2, 0.25) is 5.02 Å². The van der Waals surface area contributed by atoms with Gasteiger partial charge in [0.05, 0.1) is 6.04 Å². The summed E-state index contributed by atoms with van der Waals surface area (Å²) in [6.45, 7) is 0. The van der Waals surface area contributed by atoms with Gasteiger partial charge >= 0.3 is 0 Å². The van der Waals surface area contributed by atoms with Crippen molar-refractivity contribution in [2.45, 2.75) is 31.7 Å². The van der Waals surface area contributed by atoms with Gasteiger partial charge in [-0.25, -0.2) is 0 Å². The van der Waals surface area contributed by atoms with Gasteiger partial charge in [-0.15, -0.1) is 0 Å². The fraction of sp³-hybridized carbons (Fsp3) is 0.417. The fourth-order valence-corrected chi connectivity index (χ4v) is 2.01. The van der Waals surface area contributed by atoms with Crippen LogP contribution < -0.4 is 5.32 Å². The minimum atomic E-state index is -0.0000690. The van der Waals surface area contributed by atoms with Gasteiger partial charge in [-0.1, -0.05) is 18.0 Å². The van der Waals surface area contributed by atoms with E-state index in [4.69, 9.17) is 11.6 Å². The lowest BCUT2D eigenvalue weighted by atomic mass is 9.94. The Labute approximate surface area is 94.6 Å². The number of hydrogen-bond acceptors (Lipinski definition) is 2. The number of carbonyl (C=O) groups excluding carboxylic acids is 1. The van der Waals surface area contributed by atoms with E-state index in [0.29, 0.717) is 12.2 Å². The summed E-state index contributed by atoms with van der Waals surface area (Å²) in [5, 5.41) is 3.97. The molecule has 15 heavy (non-hydrogen) atoms. The first kappa shape index (κ1) is 10.5. The van der Waals surface area contributed by atoms with E-state index in [1.54, 1.807) is 0 Å². The summed E-state index contributed by atoms with van der Waals surface area (Å²) in [4.78, 5) is 11.6. The Hall–Kier alpha value is -1.02. The van der Waals surface area contributed by atoms with Crippen LogP contribution in [0.15, 0.2) is 24.3 Å². The summed E-state index contributed by atoms with van der Waals surface area (Å²) in [5.41, 5.74) is 0.972. The maximum Gasteiger partial charge on any atom is 0.155 e. The van der Waals surface area contributed by atoms with E-state index in [2.05, 4.69) is 5.32 Å². The standard InChI is InChI=1S/C12H14ClNO/c13-9-5-7-10(8-6-9)14-11-3-1-2-4-12(11)15/h5-8,11,14H,1-4H2/t11-/m0/s1. The predicted octanol–water partition coefficient (Wildman–Crippen LogP) is 3.26. The van der Waals surface area contributed by atoms with Crippen LogP contribution in [-0.4, -0.2) is 11.8 Å². The minimum Gasteiger partial charge on any atom is -0.375 e. The van der Waals surface area contributed by atoms with Gasteiger partial charge in [-0.3, -0.25) is 4.79 Å². The number of halogens is 1. The monoisotopic (exact) mass is 223 g/mol. The first-order valence-corrected chi connectivity index (χ1v) is 5.68. The zero-order chi connectivity index (χ0) is 10.7. The Morgan fingerprint density at radius 3 is 2.60 bits per heavy atom. The molecular weight excluding hydrogens is 210 g/mol. The number of Topliss-reactive ketones (excluding diaryl/α,β-unsaturated/α-hetero) is 1. The van der Waals surface area contributed by atoms with Crippen molar-refractivity contribution in [3.8, 4) is 0 Å². The molecule has 1 N–H and O–H groups in total. The average Bonchev–Trinajstić information content (AvgIpc) is 2.25. The van der Waals surface area contributed by atoms with Gasteiger partial charge < -0.3 is 5.32 Å². The Morgan fingerprint density at radius 2 is 1.93 bits per heavy atom. The highest BCUT2D eigenvalue weighted by Gasteiger charge is 2.21. The van der Waals surface area contributed by atoms with Crippen LogP contribution in [0.4, 0.5) is 5.69 Å². The van der Waals surface area contributed by atoms with Crippen molar-refractivity contribution in [1.29, 1.82) is 0 Å². The first-order chi connectivity index (χ1) is 7.25. The zero-order valence-corrected chi connectivity index (χ0v) is 9.26. The Morgan fingerprint density at radius 1 is 1.20 bits per heavy atom. The maximum atomic E-state index is 11.6. The van der Waals surface area contributed by atoms with Crippen molar-refractivity contribution in [3.63, 3.8) is 0 Å². The summed E-state index contributed by atoms with van der Waals surface area (Å²) < 4.78 is 0. The molecule has 1 atom stereocenters. The summed E-state index contributed by atoms with van der Waals surface area (Å²) in [7, 11) is 0. The number of nitrogens with one attached hydrogen (secondary N) is 1. The fourth-order valence-electron chi connectivity index (χ4n) is 1.88. The molecule has 1 aromatic carbocycles. The van der Waals surface area contributed by atoms with Crippen molar-refractivity contribution in [3.05, 3.63) is 29.3 Å². The molecule has 1 saturated carbocycles. The van der Waals surface area contributed by atoms with Gasteiger partial charge in [0.2, 0.25) is 0 Å². The molecule has 1 aliphatic rings. The van der Waals surface area contributed by atoms with E-state index in [1.807, 2.05) is 24.3 Å². The first-order valence-electron chi connectivity index (χ1n) is 5.30. The van der Waals surface area contributed by atoms with Crippen LogP contribution >= 0.6 is 11.6 Å². The number of ketones is 1. The largest absolute Gasteiger partial charge is 0.375 e. The molecule has 0 aromatic heterocycles. The van der Waals surface area contributed by atoms with E-state index < -0.39 is 0 Å². The predicted molar refractivity (Wildman–Crippen MR) is 62.3 cm³/mol. The highest BCUT2D eigenvalue weighted by atomic mass is 35.5. The normalized spacial score (nSPS) is 21.4. The molecule has 1 aliphatic carbocycles. The van der Waals surface area contributed by atoms with Crippen LogP contribution in [-0.2, 0) is 4.79 Å². The van der Waals surface area contributed by atoms with Gasteiger partial charge in [-0.05, 0) is 37.1 Å². The second kappa shape index (κ2) is 4.67. The molecule has 2 rings (SSSR count). The molecule has 0 bridgehead atoms. The van der Waals surface area contributed by atoms with Gasteiger partial charge in [0.1, 0.15) is 0 Å². The van der Waals surface area contributed by atoms with Gasteiger partial charge in [-0.2, -0.15) is 0 Å². The molecule has 2 nitrogen and oxygen atoms in total. The van der Waals surface area contributed by atoms with Crippen molar-refractivity contribution >= 4 is 23.1 Å². The van der Waals surface area contributed by atoms with Crippen molar-refractivity contribution in [2.24, 2.45) is 0 Å². The van der Waals surface area contributed by atoms with Crippen LogP contribution in [0.1, 0.15) is 25.7 Å². The van der Waals surface area contributed by atoms with Crippen LogP contribution in [0.25, 0.3) is 0 Å². The highest BCUT2D eigenvalue weighted by Crippen LogP contribution is 2.20. The third-order valence-electron chi connectivity index (χ3n) is 2.74. The van der Waals surface area contributed by atoms with Crippen LogP contribution in [0.3, 0.4) is 0 Å². The summed E-state index contributed by atoms with van der Waals surface area (Å²) >= 11 is 5.79. The summed E-state index contributed by atoms with van der Waals surface area (Å²) in [6.07, 6.45) is 3.83. The van der Waals surface area contributed by atoms with E-state index in [0.717, 1.165) is 30.0 Å². The van der Waals surface area contributed by atoms with E-state index >= 15 is 0 Å². The second-order valence-electron chi connectivity index (χ2n) is 3.92. The third kappa shape index (κ3) is 2.72. The molecular formula is C12H14ClNO. The van der Waals surface area contributed by atoms with Crippen molar-refractivity contribution in [2.75, 3.05) is 5.32 Å². The summed E-state index contributed by atoms with van der Waals surface area (Å²) in [5.74, 6) is 0.330. The Balaban J connectivity index is 2.01. The molecule has 0 amide bonds. The second-order valence-corrected chi connectivity index (χ2v) is 4.35. The van der Waals surface area contributed by atoms with Crippen LogP contribution in [0.5, 0.6) is 0 Å². The lowest BCUT2D eigenvalue weighted by Crippen LogP contribution is -2.32. The topological polar surface area (TPSA) is 29.1 Å². The minimum absolute atomic E-state index is 0.0000690. The molecule has 0 heterocycles. The number of carbonyl (C=O) groups is 1. The van der Waals surface area contributed by atoms with E-state index in [9.17, 15) is 4.79 Å². The Bertz CT molecular complexity index is 347. The third-order valence-corrected chi connectivity index (χ3v) is 2.99. The molecule has 3 heteroatoms. The quantitative estimate of drug-likeness (QED) is 0.834. The van der Waals surface area contributed by atoms with Gasteiger partial charge in [0.15, 0.2) is 5.78 Å². The number of anilines is 1. The lowest BCUT2D eigenvalue weighted by Gasteiger charge is -2.22. The SMILES string of the molecule is O=C1CCCC[C@@H]1Nc1ccc(Cl)cc1. The molecule has 0 radical (unpaired) electrons. The van der Waals surface area contributed by atoms with Crippen molar-refractivity contribution < 1.29 is 4.79 Å². The smallest absolute Gasteiger partial charge is 0.155 e. The number of benzene rings is 1.